The van der Waals surface area contributed by atoms with E-state index in [4.69, 9.17) is 15.6 Å². The fourth-order valence-corrected chi connectivity index (χ4v) is 2.82. The van der Waals surface area contributed by atoms with Gasteiger partial charge in [0.1, 0.15) is 5.54 Å². The van der Waals surface area contributed by atoms with Crippen LogP contribution < -0.4 is 5.73 Å². The van der Waals surface area contributed by atoms with Crippen molar-refractivity contribution in [2.45, 2.75) is 25.4 Å². The smallest absolute Gasteiger partial charge is 0.367 e. The Kier molecular flexibility index (Phi) is 4.36. The number of nitrogens with two attached hydrogens (primary N) is 1. The van der Waals surface area contributed by atoms with Crippen LogP contribution in [0.5, 0.6) is 0 Å². The molecule has 3 N–H and O–H groups in total. The van der Waals surface area contributed by atoms with Crippen molar-refractivity contribution in [3.63, 3.8) is 0 Å². The van der Waals surface area contributed by atoms with Gasteiger partial charge in [-0.25, -0.2) is 9.78 Å². The fourth-order valence-electron chi connectivity index (χ4n) is 2.12. The Labute approximate surface area is 120 Å². The molecule has 2 heterocycles. The van der Waals surface area contributed by atoms with Gasteiger partial charge in [0.25, 0.3) is 0 Å². The highest BCUT2D eigenvalue weighted by molar-refractivity contribution is 7.11. The van der Waals surface area contributed by atoms with Gasteiger partial charge in [-0.3, -0.25) is 9.69 Å². The zero-order valence-electron chi connectivity index (χ0n) is 11.2. The van der Waals surface area contributed by atoms with Gasteiger partial charge in [-0.05, 0) is 13.3 Å². The number of carbonyl (C=O) groups is 2. The molecule has 1 saturated heterocycles. The van der Waals surface area contributed by atoms with E-state index < -0.39 is 17.5 Å². The lowest BCUT2D eigenvalue weighted by Gasteiger charge is -2.19. The van der Waals surface area contributed by atoms with E-state index in [2.05, 4.69) is 4.98 Å². The molecule has 0 spiro atoms. The first-order valence-electron chi connectivity index (χ1n) is 6.31. The van der Waals surface area contributed by atoms with Crippen molar-refractivity contribution in [3.8, 4) is 0 Å². The number of carbonyl (C=O) groups excluding carboxylic acids is 1. The quantitative estimate of drug-likeness (QED) is 0.753. The second kappa shape index (κ2) is 5.86. The monoisotopic (exact) mass is 299 g/mol. The number of carboxylic acid groups (broad SMARTS) is 1. The highest BCUT2D eigenvalue weighted by Gasteiger charge is 2.41. The molecule has 0 aromatic carbocycles. The molecule has 0 amide bonds. The fraction of sp³-hybridized carbons (Fsp3) is 0.583. The number of aromatic nitrogens is 1. The molecule has 1 unspecified atom stereocenters. The van der Waals surface area contributed by atoms with Gasteiger partial charge in [-0.15, -0.1) is 11.3 Å². The molecule has 20 heavy (non-hydrogen) atoms. The predicted octanol–water partition coefficient (Wildman–Crippen LogP) is 0.308. The SMILES string of the molecule is CCOC(=O)c1nc(CN2CCC(N)(C(=O)O)C2)cs1. The van der Waals surface area contributed by atoms with Crippen molar-refractivity contribution in [1.82, 2.24) is 9.88 Å². The topological polar surface area (TPSA) is 106 Å². The number of aliphatic carboxylic acids is 1. The van der Waals surface area contributed by atoms with Gasteiger partial charge in [0.2, 0.25) is 5.01 Å². The number of ether oxygens (including phenoxy) is 1. The van der Waals surface area contributed by atoms with Gasteiger partial charge in [-0.1, -0.05) is 0 Å². The molecule has 7 nitrogen and oxygen atoms in total. The molecule has 1 aromatic heterocycles. The zero-order valence-corrected chi connectivity index (χ0v) is 12.0. The molecule has 1 aliphatic rings. The summed E-state index contributed by atoms with van der Waals surface area (Å²) in [4.78, 5) is 28.7. The minimum Gasteiger partial charge on any atom is -0.480 e. The van der Waals surface area contributed by atoms with E-state index in [0.29, 0.717) is 31.1 Å². The summed E-state index contributed by atoms with van der Waals surface area (Å²) in [5.74, 6) is -1.41. The van der Waals surface area contributed by atoms with E-state index in [0.717, 1.165) is 5.69 Å². The first-order valence-corrected chi connectivity index (χ1v) is 7.19. The molecule has 8 heteroatoms. The molecule has 0 saturated carbocycles. The third kappa shape index (κ3) is 3.14. The minimum absolute atomic E-state index is 0.286. The number of thiazole rings is 1. The summed E-state index contributed by atoms with van der Waals surface area (Å²) >= 11 is 1.23. The van der Waals surface area contributed by atoms with Crippen LogP contribution in [0.2, 0.25) is 0 Å². The van der Waals surface area contributed by atoms with Crippen molar-refractivity contribution in [1.29, 1.82) is 0 Å². The largest absolute Gasteiger partial charge is 0.480 e. The van der Waals surface area contributed by atoms with Crippen molar-refractivity contribution in [2.75, 3.05) is 19.7 Å². The maximum absolute atomic E-state index is 11.5. The van der Waals surface area contributed by atoms with Crippen molar-refractivity contribution in [3.05, 3.63) is 16.1 Å². The zero-order chi connectivity index (χ0) is 14.8. The predicted molar refractivity (Wildman–Crippen MR) is 72.5 cm³/mol. The maximum Gasteiger partial charge on any atom is 0.367 e. The summed E-state index contributed by atoms with van der Waals surface area (Å²) < 4.78 is 4.87. The third-order valence-corrected chi connectivity index (χ3v) is 4.06. The van der Waals surface area contributed by atoms with Crippen LogP contribution >= 0.6 is 11.3 Å². The average molecular weight is 299 g/mol. The Balaban J connectivity index is 1.95. The van der Waals surface area contributed by atoms with E-state index in [9.17, 15) is 9.59 Å². The molecule has 110 valence electrons. The summed E-state index contributed by atoms with van der Waals surface area (Å²) in [5.41, 5.74) is 5.35. The van der Waals surface area contributed by atoms with Gasteiger partial charge >= 0.3 is 11.9 Å². The van der Waals surface area contributed by atoms with Crippen LogP contribution in [-0.2, 0) is 16.1 Å². The van der Waals surface area contributed by atoms with E-state index in [1.807, 2.05) is 4.90 Å². The normalized spacial score (nSPS) is 22.9. The van der Waals surface area contributed by atoms with Gasteiger partial charge in [0, 0.05) is 25.0 Å². The lowest BCUT2D eigenvalue weighted by molar-refractivity contribution is -0.142. The van der Waals surface area contributed by atoms with Crippen LogP contribution in [0.3, 0.4) is 0 Å². The summed E-state index contributed by atoms with van der Waals surface area (Å²) in [5, 5.41) is 11.2. The number of nitrogens with zero attached hydrogens (tertiary/aromatic N) is 2. The number of hydrogen-bond acceptors (Lipinski definition) is 7. The van der Waals surface area contributed by atoms with Gasteiger partial charge in [0.15, 0.2) is 0 Å². The molecule has 0 aliphatic carbocycles. The number of likely N-dealkylation sites (tertiary alicyclic amines) is 1. The van der Waals surface area contributed by atoms with Crippen LogP contribution in [0.15, 0.2) is 5.38 Å². The number of carboxylic acids is 1. The lowest BCUT2D eigenvalue weighted by atomic mass is 10.0. The minimum atomic E-state index is -1.18. The highest BCUT2D eigenvalue weighted by Crippen LogP contribution is 2.22. The first-order chi connectivity index (χ1) is 9.44. The van der Waals surface area contributed by atoms with Crippen LogP contribution in [0, 0.1) is 0 Å². The Morgan fingerprint density at radius 2 is 2.40 bits per heavy atom. The van der Waals surface area contributed by atoms with E-state index in [1.54, 1.807) is 12.3 Å². The van der Waals surface area contributed by atoms with E-state index >= 15 is 0 Å². The standard InChI is InChI=1S/C12H17N3O4S/c1-2-19-10(16)9-14-8(6-20-9)5-15-4-3-12(13,7-15)11(17)18/h6H,2-5,7,13H2,1H3,(H,17,18). The van der Waals surface area contributed by atoms with Crippen LogP contribution in [-0.4, -0.2) is 52.2 Å². The van der Waals surface area contributed by atoms with Gasteiger partial charge < -0.3 is 15.6 Å². The van der Waals surface area contributed by atoms with Gasteiger partial charge in [0.05, 0.1) is 12.3 Å². The second-order valence-corrected chi connectivity index (χ2v) is 5.64. The molecule has 0 radical (unpaired) electrons. The van der Waals surface area contributed by atoms with Crippen LogP contribution in [0.25, 0.3) is 0 Å². The molecular formula is C12H17N3O4S. The lowest BCUT2D eigenvalue weighted by Crippen LogP contribution is -2.50. The number of esters is 1. The molecular weight excluding hydrogens is 282 g/mol. The van der Waals surface area contributed by atoms with Crippen molar-refractivity contribution in [2.24, 2.45) is 5.73 Å². The Morgan fingerprint density at radius 3 is 3.00 bits per heavy atom. The first kappa shape index (κ1) is 14.9. The summed E-state index contributed by atoms with van der Waals surface area (Å²) in [7, 11) is 0. The highest BCUT2D eigenvalue weighted by atomic mass is 32.1. The Morgan fingerprint density at radius 1 is 1.65 bits per heavy atom. The van der Waals surface area contributed by atoms with Crippen LogP contribution in [0.4, 0.5) is 0 Å². The Bertz CT molecular complexity index is 519. The molecule has 2 rings (SSSR count). The number of rotatable bonds is 5. The third-order valence-electron chi connectivity index (χ3n) is 3.19. The van der Waals surface area contributed by atoms with E-state index in [1.165, 1.54) is 11.3 Å². The molecule has 1 aromatic rings. The van der Waals surface area contributed by atoms with Crippen molar-refractivity contribution < 1.29 is 19.4 Å². The summed E-state index contributed by atoms with van der Waals surface area (Å²) in [6.07, 6.45) is 0.414. The van der Waals surface area contributed by atoms with E-state index in [-0.39, 0.29) is 6.54 Å². The molecule has 1 aliphatic heterocycles. The van der Waals surface area contributed by atoms with Gasteiger partial charge in [-0.2, -0.15) is 0 Å². The number of hydrogen-bond donors (Lipinski definition) is 2. The summed E-state index contributed by atoms with van der Waals surface area (Å²) in [6, 6.07) is 0. The molecule has 1 atom stereocenters. The average Bonchev–Trinajstić information content (AvgIpc) is 2.98. The van der Waals surface area contributed by atoms with Crippen LogP contribution in [0.1, 0.15) is 28.8 Å². The second-order valence-electron chi connectivity index (χ2n) is 4.79. The van der Waals surface area contributed by atoms with Crippen molar-refractivity contribution >= 4 is 23.3 Å². The summed E-state index contributed by atoms with van der Waals surface area (Å²) in [6.45, 7) is 3.43. The Hall–Kier alpha value is -1.51. The maximum atomic E-state index is 11.5. The molecule has 1 fully saturated rings. The molecule has 0 bridgehead atoms.